The highest BCUT2D eigenvalue weighted by molar-refractivity contribution is 5.81. The molecule has 0 aliphatic heterocycles. The first-order valence-corrected chi connectivity index (χ1v) is 6.21. The number of carbonyl (C=O) groups excluding carboxylic acids is 1. The van der Waals surface area contributed by atoms with Crippen LogP contribution in [-0.2, 0) is 9.53 Å². The minimum absolute atomic E-state index is 0.0215. The molecule has 4 heteroatoms. The second-order valence-corrected chi connectivity index (χ2v) is 6.38. The molecule has 0 aromatic heterocycles. The Balaban J connectivity index is 3.80. The summed E-state index contributed by atoms with van der Waals surface area (Å²) < 4.78 is 5.57. The molecule has 0 saturated carbocycles. The molecule has 0 fully saturated rings. The predicted octanol–water partition coefficient (Wildman–Crippen LogP) is 1.69. The molecular weight excluding hydrogens is 216 g/mol. The van der Waals surface area contributed by atoms with E-state index in [2.05, 4.69) is 10.6 Å². The number of hydrogen-bond donors (Lipinski definition) is 2. The van der Waals surface area contributed by atoms with Crippen LogP contribution in [0.25, 0.3) is 0 Å². The Morgan fingerprint density at radius 2 is 1.71 bits per heavy atom. The summed E-state index contributed by atoms with van der Waals surface area (Å²) in [6.07, 6.45) is 0. The maximum atomic E-state index is 11.7. The molecule has 1 unspecified atom stereocenters. The van der Waals surface area contributed by atoms with Crippen LogP contribution in [-0.4, -0.2) is 36.2 Å². The Morgan fingerprint density at radius 1 is 1.18 bits per heavy atom. The highest BCUT2D eigenvalue weighted by atomic mass is 16.5. The molecular formula is C13H28N2O2. The van der Waals surface area contributed by atoms with E-state index in [1.165, 1.54) is 0 Å². The van der Waals surface area contributed by atoms with Gasteiger partial charge in [0.1, 0.15) is 0 Å². The van der Waals surface area contributed by atoms with Crippen molar-refractivity contribution in [2.24, 2.45) is 0 Å². The number of carbonyl (C=O) groups is 1. The second kappa shape index (κ2) is 6.36. The van der Waals surface area contributed by atoms with Crippen LogP contribution in [0.3, 0.4) is 0 Å². The first-order chi connectivity index (χ1) is 7.51. The van der Waals surface area contributed by atoms with Crippen molar-refractivity contribution < 1.29 is 9.53 Å². The van der Waals surface area contributed by atoms with Gasteiger partial charge in [-0.1, -0.05) is 0 Å². The Kier molecular flexibility index (Phi) is 6.13. The van der Waals surface area contributed by atoms with Gasteiger partial charge in [-0.25, -0.2) is 0 Å². The fourth-order valence-electron chi connectivity index (χ4n) is 1.20. The maximum absolute atomic E-state index is 11.7. The van der Waals surface area contributed by atoms with E-state index in [0.29, 0.717) is 13.2 Å². The van der Waals surface area contributed by atoms with Crippen molar-refractivity contribution in [3.63, 3.8) is 0 Å². The van der Waals surface area contributed by atoms with E-state index < -0.39 is 0 Å². The van der Waals surface area contributed by atoms with Gasteiger partial charge < -0.3 is 15.4 Å². The van der Waals surface area contributed by atoms with Crippen LogP contribution < -0.4 is 10.6 Å². The van der Waals surface area contributed by atoms with E-state index in [9.17, 15) is 4.79 Å². The fraction of sp³-hybridized carbons (Fsp3) is 0.923. The quantitative estimate of drug-likeness (QED) is 0.724. The van der Waals surface area contributed by atoms with Crippen LogP contribution in [0, 0.1) is 0 Å². The Labute approximate surface area is 105 Å². The molecule has 0 radical (unpaired) electrons. The highest BCUT2D eigenvalue weighted by Crippen LogP contribution is 2.05. The average Bonchev–Trinajstić information content (AvgIpc) is 2.07. The van der Waals surface area contributed by atoms with Crippen LogP contribution in [0.4, 0.5) is 0 Å². The molecule has 0 aliphatic rings. The fourth-order valence-corrected chi connectivity index (χ4v) is 1.20. The largest absolute Gasteiger partial charge is 0.375 e. The maximum Gasteiger partial charge on any atom is 0.237 e. The van der Waals surface area contributed by atoms with E-state index in [0.717, 1.165) is 0 Å². The molecule has 102 valence electrons. The number of rotatable bonds is 5. The van der Waals surface area contributed by atoms with Crippen molar-refractivity contribution in [3.8, 4) is 0 Å². The summed E-state index contributed by atoms with van der Waals surface area (Å²) in [4.78, 5) is 11.7. The summed E-state index contributed by atoms with van der Waals surface area (Å²) in [5.41, 5.74) is -0.312. The van der Waals surface area contributed by atoms with Gasteiger partial charge >= 0.3 is 0 Å². The Hall–Kier alpha value is -0.610. The molecule has 1 atom stereocenters. The topological polar surface area (TPSA) is 50.4 Å². The van der Waals surface area contributed by atoms with Gasteiger partial charge in [-0.3, -0.25) is 4.79 Å². The van der Waals surface area contributed by atoms with Crippen LogP contribution in [0.15, 0.2) is 0 Å². The number of hydrogen-bond acceptors (Lipinski definition) is 3. The van der Waals surface area contributed by atoms with E-state index in [-0.39, 0.29) is 23.1 Å². The summed E-state index contributed by atoms with van der Waals surface area (Å²) in [6.45, 7) is 15.1. The molecule has 2 N–H and O–H groups in total. The van der Waals surface area contributed by atoms with Crippen molar-refractivity contribution in [2.75, 3.05) is 13.2 Å². The molecule has 0 rings (SSSR count). The molecule has 0 aromatic carbocycles. The van der Waals surface area contributed by atoms with Gasteiger partial charge in [-0.15, -0.1) is 0 Å². The summed E-state index contributed by atoms with van der Waals surface area (Å²) >= 11 is 0. The zero-order chi connectivity index (χ0) is 13.7. The van der Waals surface area contributed by atoms with Crippen molar-refractivity contribution >= 4 is 5.91 Å². The third-order valence-electron chi connectivity index (χ3n) is 1.98. The summed E-state index contributed by atoms with van der Waals surface area (Å²) in [6, 6.07) is -0.196. The van der Waals surface area contributed by atoms with Gasteiger partial charge in [-0.2, -0.15) is 0 Å². The SMILES string of the molecule is CC(NCCOC(C)(C)C)C(=O)NC(C)(C)C. The number of amides is 1. The summed E-state index contributed by atoms with van der Waals surface area (Å²) in [5.74, 6) is 0.0215. The third kappa shape index (κ3) is 10.3. The molecule has 0 spiro atoms. The van der Waals surface area contributed by atoms with Crippen LogP contribution in [0.5, 0.6) is 0 Å². The van der Waals surface area contributed by atoms with Crippen molar-refractivity contribution in [1.29, 1.82) is 0 Å². The van der Waals surface area contributed by atoms with Crippen LogP contribution in [0.1, 0.15) is 48.5 Å². The van der Waals surface area contributed by atoms with Crippen LogP contribution in [0.2, 0.25) is 0 Å². The standard InChI is InChI=1S/C13H28N2O2/c1-10(11(16)15-12(2,3)4)14-8-9-17-13(5,6)7/h10,14H,8-9H2,1-7H3,(H,15,16). The average molecular weight is 244 g/mol. The Bertz CT molecular complexity index is 239. The normalized spacial score (nSPS) is 14.5. The van der Waals surface area contributed by atoms with Gasteiger partial charge in [-0.05, 0) is 48.5 Å². The molecule has 0 saturated heterocycles. The van der Waals surface area contributed by atoms with Crippen LogP contribution >= 0.6 is 0 Å². The molecule has 0 bridgehead atoms. The molecule has 0 aromatic rings. The lowest BCUT2D eigenvalue weighted by Gasteiger charge is -2.24. The minimum Gasteiger partial charge on any atom is -0.375 e. The van der Waals surface area contributed by atoms with Gasteiger partial charge in [0.25, 0.3) is 0 Å². The molecule has 1 amide bonds. The lowest BCUT2D eigenvalue weighted by Crippen LogP contribution is -2.50. The highest BCUT2D eigenvalue weighted by Gasteiger charge is 2.18. The summed E-state index contributed by atoms with van der Waals surface area (Å²) in [7, 11) is 0. The van der Waals surface area contributed by atoms with Crippen molar-refractivity contribution in [1.82, 2.24) is 10.6 Å². The molecule has 4 nitrogen and oxygen atoms in total. The van der Waals surface area contributed by atoms with Gasteiger partial charge in [0.05, 0.1) is 18.2 Å². The van der Waals surface area contributed by atoms with E-state index >= 15 is 0 Å². The van der Waals surface area contributed by atoms with E-state index in [1.54, 1.807) is 0 Å². The van der Waals surface area contributed by atoms with E-state index in [1.807, 2.05) is 48.5 Å². The first kappa shape index (κ1) is 16.4. The molecule has 0 aliphatic carbocycles. The molecule has 0 heterocycles. The molecule has 17 heavy (non-hydrogen) atoms. The second-order valence-electron chi connectivity index (χ2n) is 6.38. The number of nitrogens with one attached hydrogen (secondary N) is 2. The Morgan fingerprint density at radius 3 is 2.12 bits per heavy atom. The van der Waals surface area contributed by atoms with Gasteiger partial charge in [0.2, 0.25) is 5.91 Å². The minimum atomic E-state index is -0.196. The zero-order valence-corrected chi connectivity index (χ0v) is 12.3. The smallest absolute Gasteiger partial charge is 0.237 e. The predicted molar refractivity (Wildman–Crippen MR) is 71.1 cm³/mol. The third-order valence-corrected chi connectivity index (χ3v) is 1.98. The van der Waals surface area contributed by atoms with Gasteiger partial charge in [0.15, 0.2) is 0 Å². The number of ether oxygens (including phenoxy) is 1. The summed E-state index contributed by atoms with van der Waals surface area (Å²) in [5, 5.41) is 6.07. The zero-order valence-electron chi connectivity index (χ0n) is 12.3. The lowest BCUT2D eigenvalue weighted by molar-refractivity contribution is -0.124. The first-order valence-electron chi connectivity index (χ1n) is 6.21. The monoisotopic (exact) mass is 244 g/mol. The van der Waals surface area contributed by atoms with Gasteiger partial charge in [0, 0.05) is 12.1 Å². The van der Waals surface area contributed by atoms with E-state index in [4.69, 9.17) is 4.74 Å². The van der Waals surface area contributed by atoms with Crippen molar-refractivity contribution in [2.45, 2.75) is 65.6 Å². The van der Waals surface area contributed by atoms with Crippen molar-refractivity contribution in [3.05, 3.63) is 0 Å². The lowest BCUT2D eigenvalue weighted by atomic mass is 10.1.